The Morgan fingerprint density at radius 1 is 1.33 bits per heavy atom. The van der Waals surface area contributed by atoms with E-state index in [9.17, 15) is 4.79 Å². The van der Waals surface area contributed by atoms with Crippen molar-refractivity contribution in [3.05, 3.63) is 0 Å². The lowest BCUT2D eigenvalue weighted by Crippen LogP contribution is -2.40. The highest BCUT2D eigenvalue weighted by Gasteiger charge is 2.27. The zero-order valence-corrected chi connectivity index (χ0v) is 9.67. The van der Waals surface area contributed by atoms with Gasteiger partial charge in [0.25, 0.3) is 0 Å². The standard InChI is InChI=1S/C12H22N2O/c1-2-7-14(8-10-3-4-10)9-11-5-6-12(15)13-11/h10-11H,2-9H2,1H3,(H,13,15)/t11-/m0/s1. The van der Waals surface area contributed by atoms with E-state index >= 15 is 0 Å². The Bertz CT molecular complexity index is 226. The van der Waals surface area contributed by atoms with Crippen molar-refractivity contribution in [3.63, 3.8) is 0 Å². The molecular weight excluding hydrogens is 188 g/mol. The number of rotatable bonds is 6. The van der Waals surface area contributed by atoms with E-state index in [0.29, 0.717) is 6.04 Å². The highest BCUT2D eigenvalue weighted by Crippen LogP contribution is 2.29. The monoisotopic (exact) mass is 210 g/mol. The van der Waals surface area contributed by atoms with E-state index in [1.54, 1.807) is 0 Å². The fourth-order valence-corrected chi connectivity index (χ4v) is 2.36. The summed E-state index contributed by atoms with van der Waals surface area (Å²) in [6.45, 7) is 5.73. The van der Waals surface area contributed by atoms with Crippen LogP contribution in [0.25, 0.3) is 0 Å². The van der Waals surface area contributed by atoms with Crippen molar-refractivity contribution in [3.8, 4) is 0 Å². The molecular formula is C12H22N2O. The van der Waals surface area contributed by atoms with Crippen LogP contribution >= 0.6 is 0 Å². The molecule has 0 spiro atoms. The molecule has 2 fully saturated rings. The first kappa shape index (κ1) is 10.9. The lowest BCUT2D eigenvalue weighted by molar-refractivity contribution is -0.119. The van der Waals surface area contributed by atoms with Gasteiger partial charge in [0, 0.05) is 25.6 Å². The Labute approximate surface area is 92.2 Å². The van der Waals surface area contributed by atoms with E-state index in [0.717, 1.165) is 25.3 Å². The second kappa shape index (κ2) is 4.97. The van der Waals surface area contributed by atoms with Crippen molar-refractivity contribution in [2.24, 2.45) is 5.92 Å². The molecule has 1 aliphatic heterocycles. The van der Waals surface area contributed by atoms with Crippen molar-refractivity contribution in [1.29, 1.82) is 0 Å². The molecule has 1 amide bonds. The average molecular weight is 210 g/mol. The second-order valence-corrected chi connectivity index (χ2v) is 5.01. The Hall–Kier alpha value is -0.570. The Kier molecular flexibility index (Phi) is 3.62. The van der Waals surface area contributed by atoms with Gasteiger partial charge in [-0.15, -0.1) is 0 Å². The fraction of sp³-hybridized carbons (Fsp3) is 0.917. The van der Waals surface area contributed by atoms with Crippen LogP contribution in [0.4, 0.5) is 0 Å². The van der Waals surface area contributed by atoms with Crippen LogP contribution in [0.15, 0.2) is 0 Å². The Balaban J connectivity index is 1.74. The third kappa shape index (κ3) is 3.49. The lowest BCUT2D eigenvalue weighted by atomic mass is 10.2. The van der Waals surface area contributed by atoms with Crippen molar-refractivity contribution < 1.29 is 4.79 Å². The minimum absolute atomic E-state index is 0.239. The third-order valence-corrected chi connectivity index (χ3v) is 3.32. The van der Waals surface area contributed by atoms with Gasteiger partial charge in [0.2, 0.25) is 5.91 Å². The van der Waals surface area contributed by atoms with Crippen molar-refractivity contribution in [2.75, 3.05) is 19.6 Å². The molecule has 1 saturated carbocycles. The van der Waals surface area contributed by atoms with Gasteiger partial charge in [-0.1, -0.05) is 6.92 Å². The van der Waals surface area contributed by atoms with Gasteiger partial charge < -0.3 is 10.2 Å². The largest absolute Gasteiger partial charge is 0.352 e. The SMILES string of the molecule is CCCN(CC1CC1)C[C@@H]1CCC(=O)N1. The maximum atomic E-state index is 11.1. The molecule has 1 atom stereocenters. The van der Waals surface area contributed by atoms with Gasteiger partial charge in [-0.25, -0.2) is 0 Å². The van der Waals surface area contributed by atoms with Gasteiger partial charge in [-0.3, -0.25) is 4.79 Å². The molecule has 0 radical (unpaired) electrons. The zero-order chi connectivity index (χ0) is 10.7. The fourth-order valence-electron chi connectivity index (χ4n) is 2.36. The number of nitrogens with one attached hydrogen (secondary N) is 1. The summed E-state index contributed by atoms with van der Waals surface area (Å²) in [6.07, 6.45) is 5.81. The topological polar surface area (TPSA) is 32.3 Å². The molecule has 0 bridgehead atoms. The van der Waals surface area contributed by atoms with Crippen LogP contribution in [0.2, 0.25) is 0 Å². The molecule has 2 aliphatic rings. The predicted molar refractivity (Wildman–Crippen MR) is 60.6 cm³/mol. The molecule has 0 unspecified atom stereocenters. The maximum Gasteiger partial charge on any atom is 0.220 e. The van der Waals surface area contributed by atoms with E-state index < -0.39 is 0 Å². The molecule has 15 heavy (non-hydrogen) atoms. The van der Waals surface area contributed by atoms with Gasteiger partial charge in [-0.2, -0.15) is 0 Å². The van der Waals surface area contributed by atoms with E-state index in [-0.39, 0.29) is 5.91 Å². The van der Waals surface area contributed by atoms with E-state index in [1.165, 1.54) is 32.4 Å². The van der Waals surface area contributed by atoms with Crippen LogP contribution in [0.5, 0.6) is 0 Å². The van der Waals surface area contributed by atoms with Gasteiger partial charge in [0.1, 0.15) is 0 Å². The first-order valence-corrected chi connectivity index (χ1v) is 6.29. The summed E-state index contributed by atoms with van der Waals surface area (Å²) in [5.41, 5.74) is 0. The van der Waals surface area contributed by atoms with Gasteiger partial charge >= 0.3 is 0 Å². The van der Waals surface area contributed by atoms with Gasteiger partial charge in [0.05, 0.1) is 0 Å². The summed E-state index contributed by atoms with van der Waals surface area (Å²) >= 11 is 0. The molecule has 3 nitrogen and oxygen atoms in total. The molecule has 1 aliphatic carbocycles. The second-order valence-electron chi connectivity index (χ2n) is 5.01. The van der Waals surface area contributed by atoms with Crippen LogP contribution in [-0.4, -0.2) is 36.5 Å². The van der Waals surface area contributed by atoms with E-state index in [1.807, 2.05) is 0 Å². The third-order valence-electron chi connectivity index (χ3n) is 3.32. The zero-order valence-electron chi connectivity index (χ0n) is 9.67. The normalized spacial score (nSPS) is 26.0. The first-order chi connectivity index (χ1) is 7.28. The van der Waals surface area contributed by atoms with Crippen LogP contribution in [0, 0.1) is 5.92 Å². The highest BCUT2D eigenvalue weighted by atomic mass is 16.1. The number of nitrogens with zero attached hydrogens (tertiary/aromatic N) is 1. The van der Waals surface area contributed by atoms with Gasteiger partial charge in [0.15, 0.2) is 0 Å². The molecule has 0 aromatic heterocycles. The minimum atomic E-state index is 0.239. The van der Waals surface area contributed by atoms with Crippen LogP contribution in [0.1, 0.15) is 39.0 Å². The van der Waals surface area contributed by atoms with Crippen molar-refractivity contribution in [2.45, 2.75) is 45.1 Å². The molecule has 1 N–H and O–H groups in total. The molecule has 0 aromatic carbocycles. The molecule has 2 rings (SSSR count). The highest BCUT2D eigenvalue weighted by molar-refractivity contribution is 5.78. The Morgan fingerprint density at radius 3 is 2.67 bits per heavy atom. The van der Waals surface area contributed by atoms with E-state index in [4.69, 9.17) is 0 Å². The number of carbonyl (C=O) groups is 1. The minimum Gasteiger partial charge on any atom is -0.352 e. The summed E-state index contributed by atoms with van der Waals surface area (Å²) in [5.74, 6) is 1.19. The molecule has 3 heteroatoms. The summed E-state index contributed by atoms with van der Waals surface area (Å²) in [4.78, 5) is 13.6. The number of hydrogen-bond acceptors (Lipinski definition) is 2. The Morgan fingerprint density at radius 2 is 2.13 bits per heavy atom. The quantitative estimate of drug-likeness (QED) is 0.718. The van der Waals surface area contributed by atoms with E-state index in [2.05, 4.69) is 17.1 Å². The summed E-state index contributed by atoms with van der Waals surface area (Å²) in [7, 11) is 0. The van der Waals surface area contributed by atoms with Gasteiger partial charge in [-0.05, 0) is 38.1 Å². The van der Waals surface area contributed by atoms with Crippen LogP contribution < -0.4 is 5.32 Å². The molecule has 86 valence electrons. The van der Waals surface area contributed by atoms with Crippen molar-refractivity contribution in [1.82, 2.24) is 10.2 Å². The first-order valence-electron chi connectivity index (χ1n) is 6.29. The van der Waals surface area contributed by atoms with Crippen molar-refractivity contribution >= 4 is 5.91 Å². The summed E-state index contributed by atoms with van der Waals surface area (Å²) < 4.78 is 0. The number of amides is 1. The van der Waals surface area contributed by atoms with Crippen LogP contribution in [0.3, 0.4) is 0 Å². The predicted octanol–water partition coefficient (Wildman–Crippen LogP) is 1.39. The number of carbonyl (C=O) groups excluding carboxylic acids is 1. The molecule has 1 heterocycles. The smallest absolute Gasteiger partial charge is 0.220 e. The summed E-state index contributed by atoms with van der Waals surface area (Å²) in [6, 6.07) is 0.419. The van der Waals surface area contributed by atoms with Crippen LogP contribution in [-0.2, 0) is 4.79 Å². The number of hydrogen-bond donors (Lipinski definition) is 1. The maximum absolute atomic E-state index is 11.1. The lowest BCUT2D eigenvalue weighted by Gasteiger charge is -2.24. The molecule has 0 aromatic rings. The average Bonchev–Trinajstić information content (AvgIpc) is 2.90. The molecule has 1 saturated heterocycles. The summed E-state index contributed by atoms with van der Waals surface area (Å²) in [5, 5.41) is 3.06.